The van der Waals surface area contributed by atoms with Crippen LogP contribution in [0.25, 0.3) is 10.6 Å². The average molecular weight is 482 g/mol. The summed E-state index contributed by atoms with van der Waals surface area (Å²) in [5.41, 5.74) is 2.85. The third-order valence-electron chi connectivity index (χ3n) is 4.92. The molecule has 0 spiro atoms. The van der Waals surface area contributed by atoms with Gasteiger partial charge in [-0.25, -0.2) is 9.37 Å². The van der Waals surface area contributed by atoms with E-state index < -0.39 is 23.4 Å². The van der Waals surface area contributed by atoms with Gasteiger partial charge in [0.2, 0.25) is 0 Å². The van der Waals surface area contributed by atoms with E-state index in [-0.39, 0.29) is 18.8 Å². The molecule has 3 rings (SSSR count). The van der Waals surface area contributed by atoms with Crippen LogP contribution in [0.3, 0.4) is 0 Å². The van der Waals surface area contributed by atoms with Crippen LogP contribution >= 0.6 is 11.3 Å². The predicted octanol–water partition coefficient (Wildman–Crippen LogP) is 6.33. The molecule has 0 aliphatic carbocycles. The highest BCUT2D eigenvalue weighted by molar-refractivity contribution is 7.15. The molecule has 2 aromatic carbocycles. The summed E-state index contributed by atoms with van der Waals surface area (Å²) >= 11 is 1.37. The Morgan fingerprint density at radius 2 is 1.88 bits per heavy atom. The molecule has 10 heteroatoms. The lowest BCUT2D eigenvalue weighted by Crippen LogP contribution is -2.20. The number of aromatic nitrogens is 1. The number of halogens is 4. The number of nitrogens with zero attached hydrogens (tertiary/aromatic N) is 1. The van der Waals surface area contributed by atoms with Gasteiger partial charge >= 0.3 is 6.18 Å². The van der Waals surface area contributed by atoms with Crippen LogP contribution in [0.2, 0.25) is 0 Å². The lowest BCUT2D eigenvalue weighted by molar-refractivity contribution is -0.137. The summed E-state index contributed by atoms with van der Waals surface area (Å²) in [6.07, 6.45) is -1.78. The van der Waals surface area contributed by atoms with Gasteiger partial charge in [0.25, 0.3) is 0 Å². The number of hydrogen-bond donors (Lipinski definition) is 3. The average Bonchev–Trinajstić information content (AvgIpc) is 3.19. The number of benzene rings is 2. The molecule has 0 aliphatic rings. The summed E-state index contributed by atoms with van der Waals surface area (Å²) in [5.74, 6) is -1.10. The molecule has 1 aromatic heterocycles. The van der Waals surface area contributed by atoms with Crippen molar-refractivity contribution < 1.29 is 27.5 Å². The maximum absolute atomic E-state index is 14.1. The molecular formula is C23H23F4N3O2S. The van der Waals surface area contributed by atoms with Gasteiger partial charge in [0.1, 0.15) is 10.8 Å². The van der Waals surface area contributed by atoms with E-state index in [1.54, 1.807) is 11.5 Å². The normalized spacial score (nSPS) is 11.6. The number of nitrogens with one attached hydrogen (secondary N) is 2. The molecule has 3 N–H and O–H groups in total. The van der Waals surface area contributed by atoms with Crippen molar-refractivity contribution in [2.45, 2.75) is 45.6 Å². The Bertz CT molecular complexity index is 1100. The first-order valence-electron chi connectivity index (χ1n) is 10.2. The Morgan fingerprint density at radius 3 is 2.48 bits per heavy atom. The second-order valence-corrected chi connectivity index (χ2v) is 8.44. The Labute approximate surface area is 192 Å². The zero-order valence-electron chi connectivity index (χ0n) is 17.8. The molecule has 0 radical (unpaired) electrons. The smallest absolute Gasteiger partial charge is 0.371 e. The fourth-order valence-electron chi connectivity index (χ4n) is 3.13. The minimum absolute atomic E-state index is 0.0632. The summed E-state index contributed by atoms with van der Waals surface area (Å²) in [5, 5.41) is 16.8. The van der Waals surface area contributed by atoms with Crippen LogP contribution in [-0.2, 0) is 30.5 Å². The van der Waals surface area contributed by atoms with Crippen molar-refractivity contribution in [1.29, 1.82) is 5.41 Å². The van der Waals surface area contributed by atoms with Gasteiger partial charge in [0, 0.05) is 5.56 Å². The van der Waals surface area contributed by atoms with E-state index in [1.807, 2.05) is 0 Å². The molecule has 0 fully saturated rings. The molecule has 0 amide bonds. The van der Waals surface area contributed by atoms with Gasteiger partial charge < -0.3 is 4.74 Å². The monoisotopic (exact) mass is 481 g/mol. The first-order valence-corrected chi connectivity index (χ1v) is 11.1. The SMILES string of the molecule is CCCCc1nc(-c2ccc(C(F)(F)F)cc2)sc1COCc1ccc(C(=N)NO)c(F)c1. The molecular weight excluding hydrogens is 458 g/mol. The van der Waals surface area contributed by atoms with Crippen molar-refractivity contribution >= 4 is 17.2 Å². The lowest BCUT2D eigenvalue weighted by atomic mass is 10.1. The van der Waals surface area contributed by atoms with Crippen LogP contribution in [0.4, 0.5) is 17.6 Å². The number of ether oxygens (including phenoxy) is 1. The van der Waals surface area contributed by atoms with E-state index in [0.29, 0.717) is 16.1 Å². The topological polar surface area (TPSA) is 78.2 Å². The second-order valence-electron chi connectivity index (χ2n) is 7.36. The number of amidine groups is 1. The standard InChI is InChI=1S/C23H23F4N3O2S/c1-2-3-4-19-20(13-32-12-14-5-10-17(18(24)11-14)21(28)30-31)33-22(29-19)15-6-8-16(9-7-15)23(25,26)27/h5-11,31H,2-4,12-13H2,1H3,(H2,28,30). The van der Waals surface area contributed by atoms with Crippen LogP contribution in [0, 0.1) is 11.2 Å². The Balaban J connectivity index is 1.72. The van der Waals surface area contributed by atoms with Crippen molar-refractivity contribution in [2.75, 3.05) is 0 Å². The molecule has 0 saturated heterocycles. The number of alkyl halides is 3. The van der Waals surface area contributed by atoms with E-state index in [9.17, 15) is 17.6 Å². The predicted molar refractivity (Wildman–Crippen MR) is 118 cm³/mol. The molecule has 1 heterocycles. The van der Waals surface area contributed by atoms with Gasteiger partial charge in [-0.1, -0.05) is 31.5 Å². The van der Waals surface area contributed by atoms with Gasteiger partial charge in [-0.3, -0.25) is 16.1 Å². The largest absolute Gasteiger partial charge is 0.416 e. The summed E-state index contributed by atoms with van der Waals surface area (Å²) < 4.78 is 58.4. The second kappa shape index (κ2) is 10.9. The van der Waals surface area contributed by atoms with E-state index in [2.05, 4.69) is 11.9 Å². The van der Waals surface area contributed by atoms with Gasteiger partial charge in [0.15, 0.2) is 5.84 Å². The zero-order chi connectivity index (χ0) is 24.0. The van der Waals surface area contributed by atoms with E-state index >= 15 is 0 Å². The fourth-order valence-corrected chi connectivity index (χ4v) is 4.18. The van der Waals surface area contributed by atoms with Crippen molar-refractivity contribution in [3.8, 4) is 10.6 Å². The molecule has 0 unspecified atom stereocenters. The zero-order valence-corrected chi connectivity index (χ0v) is 18.6. The first kappa shape index (κ1) is 24.8. The molecule has 0 aliphatic heterocycles. The molecule has 0 atom stereocenters. The van der Waals surface area contributed by atoms with Crippen molar-refractivity contribution in [1.82, 2.24) is 10.5 Å². The van der Waals surface area contributed by atoms with Crippen molar-refractivity contribution in [3.05, 3.63) is 75.5 Å². The molecule has 176 valence electrons. The summed E-state index contributed by atoms with van der Waals surface area (Å²) in [7, 11) is 0. The van der Waals surface area contributed by atoms with Crippen LogP contribution < -0.4 is 5.48 Å². The third kappa shape index (κ3) is 6.37. The maximum atomic E-state index is 14.1. The summed E-state index contributed by atoms with van der Waals surface area (Å²) in [6.45, 7) is 2.41. The lowest BCUT2D eigenvalue weighted by Gasteiger charge is -2.08. The van der Waals surface area contributed by atoms with Crippen molar-refractivity contribution in [3.63, 3.8) is 0 Å². The van der Waals surface area contributed by atoms with E-state index in [4.69, 9.17) is 15.4 Å². The van der Waals surface area contributed by atoms with Gasteiger partial charge in [0.05, 0.1) is 34.9 Å². The van der Waals surface area contributed by atoms with Gasteiger partial charge in [-0.15, -0.1) is 11.3 Å². The van der Waals surface area contributed by atoms with Crippen LogP contribution in [0.5, 0.6) is 0 Å². The number of unbranched alkanes of at least 4 members (excludes halogenated alkanes) is 1. The van der Waals surface area contributed by atoms with Crippen LogP contribution in [0.1, 0.15) is 47.0 Å². The molecule has 0 bridgehead atoms. The number of aryl methyl sites for hydroxylation is 1. The number of hydroxylamine groups is 1. The van der Waals surface area contributed by atoms with Crippen LogP contribution in [-0.4, -0.2) is 16.0 Å². The van der Waals surface area contributed by atoms with Gasteiger partial charge in [-0.05, 0) is 42.7 Å². The Kier molecular flexibility index (Phi) is 8.17. The minimum Gasteiger partial charge on any atom is -0.371 e. The maximum Gasteiger partial charge on any atom is 0.416 e. The number of hydrogen-bond acceptors (Lipinski definition) is 5. The Morgan fingerprint density at radius 1 is 1.15 bits per heavy atom. The highest BCUT2D eigenvalue weighted by Crippen LogP contribution is 2.33. The quantitative estimate of drug-likeness (QED) is 0.144. The summed E-state index contributed by atoms with van der Waals surface area (Å²) in [4.78, 5) is 5.51. The molecule has 3 aromatic rings. The first-order chi connectivity index (χ1) is 15.7. The van der Waals surface area contributed by atoms with Gasteiger partial charge in [-0.2, -0.15) is 13.2 Å². The summed E-state index contributed by atoms with van der Waals surface area (Å²) in [6, 6.07) is 9.13. The third-order valence-corrected chi connectivity index (χ3v) is 6.04. The number of rotatable bonds is 9. The van der Waals surface area contributed by atoms with Crippen LogP contribution in [0.15, 0.2) is 42.5 Å². The molecule has 0 saturated carbocycles. The highest BCUT2D eigenvalue weighted by atomic mass is 32.1. The molecule has 33 heavy (non-hydrogen) atoms. The Hall–Kier alpha value is -2.82. The van der Waals surface area contributed by atoms with E-state index in [0.717, 1.165) is 42.0 Å². The highest BCUT2D eigenvalue weighted by Gasteiger charge is 2.30. The molecule has 5 nitrogen and oxygen atoms in total. The fraction of sp³-hybridized carbons (Fsp3) is 0.304. The minimum atomic E-state index is -4.39. The van der Waals surface area contributed by atoms with Crippen molar-refractivity contribution in [2.24, 2.45) is 0 Å². The number of thiazole rings is 1. The van der Waals surface area contributed by atoms with E-state index in [1.165, 1.54) is 35.6 Å².